The van der Waals surface area contributed by atoms with Crippen molar-refractivity contribution < 1.29 is 14.5 Å². The van der Waals surface area contributed by atoms with Crippen LogP contribution in [-0.2, 0) is 0 Å². The molecule has 0 N–H and O–H groups in total. The van der Waals surface area contributed by atoms with Gasteiger partial charge in [-0.05, 0) is 31.2 Å². The number of benzene rings is 1. The third kappa shape index (κ3) is 4.11. The number of piperidine rings is 1. The minimum Gasteiger partial charge on any atom is -0.489 e. The molecule has 7 nitrogen and oxygen atoms in total. The van der Waals surface area contributed by atoms with Crippen molar-refractivity contribution in [1.29, 1.82) is 0 Å². The standard InChI is InChI=1S/C18H18ClN3O4/c1-12-2-4-15(11-20-12)26-14-6-8-21(9-7-14)18(23)16-10-13(19)3-5-17(16)22(24)25/h2-5,10-11,14H,6-9H2,1H3. The fraction of sp³-hybridized carbons (Fsp3) is 0.333. The molecule has 0 radical (unpaired) electrons. The molecule has 136 valence electrons. The van der Waals surface area contributed by atoms with Crippen LogP contribution in [0.4, 0.5) is 5.69 Å². The van der Waals surface area contributed by atoms with Crippen molar-refractivity contribution >= 4 is 23.2 Å². The Hall–Kier alpha value is -2.67. The Morgan fingerprint density at radius 1 is 1.31 bits per heavy atom. The van der Waals surface area contributed by atoms with Crippen LogP contribution in [0.15, 0.2) is 36.5 Å². The van der Waals surface area contributed by atoms with E-state index in [1.807, 2.05) is 19.1 Å². The molecule has 1 aliphatic heterocycles. The van der Waals surface area contributed by atoms with Crippen LogP contribution >= 0.6 is 11.6 Å². The van der Waals surface area contributed by atoms with Crippen LogP contribution in [0.1, 0.15) is 28.9 Å². The number of carbonyl (C=O) groups excluding carboxylic acids is 1. The summed E-state index contributed by atoms with van der Waals surface area (Å²) in [6, 6.07) is 7.77. The molecule has 2 heterocycles. The Balaban J connectivity index is 1.64. The molecule has 0 bridgehead atoms. The summed E-state index contributed by atoms with van der Waals surface area (Å²) in [4.78, 5) is 29.1. The quantitative estimate of drug-likeness (QED) is 0.601. The SMILES string of the molecule is Cc1ccc(OC2CCN(C(=O)c3cc(Cl)ccc3[N+](=O)[O-])CC2)cn1. The minimum absolute atomic E-state index is 0.0158. The second kappa shape index (κ2) is 7.70. The number of amides is 1. The summed E-state index contributed by atoms with van der Waals surface area (Å²) >= 11 is 5.91. The maximum absolute atomic E-state index is 12.7. The number of ether oxygens (including phenoxy) is 1. The van der Waals surface area contributed by atoms with Crippen molar-refractivity contribution in [2.45, 2.75) is 25.9 Å². The largest absolute Gasteiger partial charge is 0.489 e. The average Bonchev–Trinajstić information content (AvgIpc) is 2.63. The normalized spacial score (nSPS) is 14.9. The molecule has 1 aromatic heterocycles. The van der Waals surface area contributed by atoms with E-state index in [9.17, 15) is 14.9 Å². The minimum atomic E-state index is -0.566. The zero-order valence-electron chi connectivity index (χ0n) is 14.2. The van der Waals surface area contributed by atoms with Crippen molar-refractivity contribution in [3.05, 3.63) is 62.9 Å². The Kier molecular flexibility index (Phi) is 5.37. The predicted molar refractivity (Wildman–Crippen MR) is 96.6 cm³/mol. The van der Waals surface area contributed by atoms with E-state index in [1.54, 1.807) is 11.1 Å². The van der Waals surface area contributed by atoms with Gasteiger partial charge >= 0.3 is 0 Å². The highest BCUT2D eigenvalue weighted by atomic mass is 35.5. The summed E-state index contributed by atoms with van der Waals surface area (Å²) in [5.41, 5.74) is 0.703. The van der Waals surface area contributed by atoms with Gasteiger partial charge in [-0.2, -0.15) is 0 Å². The topological polar surface area (TPSA) is 85.6 Å². The number of nitro groups is 1. The number of aryl methyl sites for hydroxylation is 1. The van der Waals surface area contributed by atoms with Gasteiger partial charge in [0.25, 0.3) is 11.6 Å². The lowest BCUT2D eigenvalue weighted by Gasteiger charge is -2.32. The lowest BCUT2D eigenvalue weighted by Crippen LogP contribution is -2.42. The van der Waals surface area contributed by atoms with Gasteiger partial charge in [-0.1, -0.05) is 11.6 Å². The summed E-state index contributed by atoms with van der Waals surface area (Å²) in [6.45, 7) is 2.84. The molecule has 1 aliphatic rings. The van der Waals surface area contributed by atoms with E-state index in [4.69, 9.17) is 16.3 Å². The van der Waals surface area contributed by atoms with Crippen molar-refractivity contribution in [2.24, 2.45) is 0 Å². The van der Waals surface area contributed by atoms with Crippen LogP contribution in [0.5, 0.6) is 5.75 Å². The van der Waals surface area contributed by atoms with E-state index in [0.29, 0.717) is 36.7 Å². The summed E-state index contributed by atoms with van der Waals surface area (Å²) in [6.07, 6.45) is 2.96. The predicted octanol–water partition coefficient (Wildman–Crippen LogP) is 3.64. The molecular weight excluding hydrogens is 358 g/mol. The van der Waals surface area contributed by atoms with E-state index in [-0.39, 0.29) is 23.3 Å². The molecule has 0 aliphatic carbocycles. The Labute approximate surface area is 155 Å². The molecular formula is C18H18ClN3O4. The van der Waals surface area contributed by atoms with Crippen LogP contribution in [0, 0.1) is 17.0 Å². The summed E-state index contributed by atoms with van der Waals surface area (Å²) in [7, 11) is 0. The molecule has 1 saturated heterocycles. The van der Waals surface area contributed by atoms with Crippen LogP contribution in [-0.4, -0.2) is 39.9 Å². The second-order valence-electron chi connectivity index (χ2n) is 6.16. The molecule has 0 spiro atoms. The van der Waals surface area contributed by atoms with E-state index in [1.165, 1.54) is 18.2 Å². The molecule has 3 rings (SSSR count). The van der Waals surface area contributed by atoms with Gasteiger partial charge in [0, 0.05) is 42.7 Å². The molecule has 2 aromatic rings. The van der Waals surface area contributed by atoms with E-state index >= 15 is 0 Å². The maximum Gasteiger partial charge on any atom is 0.282 e. The highest BCUT2D eigenvalue weighted by Gasteiger charge is 2.29. The first-order valence-corrected chi connectivity index (χ1v) is 8.64. The number of carbonyl (C=O) groups is 1. The van der Waals surface area contributed by atoms with Gasteiger partial charge in [-0.3, -0.25) is 19.9 Å². The molecule has 1 aromatic carbocycles. The molecule has 1 fully saturated rings. The van der Waals surface area contributed by atoms with E-state index < -0.39 is 4.92 Å². The molecule has 0 atom stereocenters. The number of hydrogen-bond donors (Lipinski definition) is 0. The number of pyridine rings is 1. The van der Waals surface area contributed by atoms with Crippen molar-refractivity contribution in [3.8, 4) is 5.75 Å². The fourth-order valence-electron chi connectivity index (χ4n) is 2.90. The molecule has 0 saturated carbocycles. The van der Waals surface area contributed by atoms with Crippen LogP contribution in [0.25, 0.3) is 0 Å². The lowest BCUT2D eigenvalue weighted by atomic mass is 10.1. The third-order valence-electron chi connectivity index (χ3n) is 4.30. The Morgan fingerprint density at radius 3 is 2.65 bits per heavy atom. The van der Waals surface area contributed by atoms with Crippen molar-refractivity contribution in [1.82, 2.24) is 9.88 Å². The van der Waals surface area contributed by atoms with Gasteiger partial charge in [0.2, 0.25) is 0 Å². The van der Waals surface area contributed by atoms with Gasteiger partial charge in [-0.15, -0.1) is 0 Å². The molecule has 26 heavy (non-hydrogen) atoms. The summed E-state index contributed by atoms with van der Waals surface area (Å²) in [5, 5.41) is 11.5. The zero-order valence-corrected chi connectivity index (χ0v) is 15.0. The van der Waals surface area contributed by atoms with Gasteiger partial charge in [-0.25, -0.2) is 0 Å². The van der Waals surface area contributed by atoms with E-state index in [2.05, 4.69) is 4.98 Å². The highest BCUT2D eigenvalue weighted by Crippen LogP contribution is 2.26. The van der Waals surface area contributed by atoms with Gasteiger partial charge in [0.1, 0.15) is 17.4 Å². The first-order chi connectivity index (χ1) is 12.4. The molecule has 8 heteroatoms. The average molecular weight is 376 g/mol. The zero-order chi connectivity index (χ0) is 18.7. The second-order valence-corrected chi connectivity index (χ2v) is 6.60. The highest BCUT2D eigenvalue weighted by molar-refractivity contribution is 6.31. The molecule has 0 unspecified atom stereocenters. The number of likely N-dealkylation sites (tertiary alicyclic amines) is 1. The van der Waals surface area contributed by atoms with Crippen LogP contribution in [0.2, 0.25) is 5.02 Å². The van der Waals surface area contributed by atoms with Gasteiger partial charge in [0.15, 0.2) is 0 Å². The number of rotatable bonds is 4. The summed E-state index contributed by atoms with van der Waals surface area (Å²) < 4.78 is 5.90. The van der Waals surface area contributed by atoms with Crippen molar-refractivity contribution in [3.63, 3.8) is 0 Å². The van der Waals surface area contributed by atoms with Crippen molar-refractivity contribution in [2.75, 3.05) is 13.1 Å². The van der Waals surface area contributed by atoms with Gasteiger partial charge < -0.3 is 9.64 Å². The Bertz CT molecular complexity index is 818. The first kappa shape index (κ1) is 18.1. The number of nitrogens with zero attached hydrogens (tertiary/aromatic N) is 3. The molecule has 1 amide bonds. The third-order valence-corrected chi connectivity index (χ3v) is 4.54. The van der Waals surface area contributed by atoms with Crippen LogP contribution < -0.4 is 4.74 Å². The number of nitro benzene ring substituents is 1. The maximum atomic E-state index is 12.7. The fourth-order valence-corrected chi connectivity index (χ4v) is 3.07. The summed E-state index contributed by atoms with van der Waals surface area (Å²) in [5.74, 6) is 0.320. The lowest BCUT2D eigenvalue weighted by molar-refractivity contribution is -0.385. The number of aromatic nitrogens is 1. The van der Waals surface area contributed by atoms with E-state index in [0.717, 1.165) is 5.69 Å². The monoisotopic (exact) mass is 375 g/mol. The Morgan fingerprint density at radius 2 is 2.04 bits per heavy atom. The van der Waals surface area contributed by atoms with Crippen LogP contribution in [0.3, 0.4) is 0 Å². The van der Waals surface area contributed by atoms with Gasteiger partial charge in [0.05, 0.1) is 11.1 Å². The smallest absolute Gasteiger partial charge is 0.282 e. The number of hydrogen-bond acceptors (Lipinski definition) is 5. The number of halogens is 1. The first-order valence-electron chi connectivity index (χ1n) is 8.26.